The summed E-state index contributed by atoms with van der Waals surface area (Å²) in [6.07, 6.45) is 0.552. The Morgan fingerprint density at radius 2 is 2.22 bits per heavy atom. The highest BCUT2D eigenvalue weighted by atomic mass is 127. The van der Waals surface area contributed by atoms with Crippen LogP contribution in [0.1, 0.15) is 19.2 Å². The van der Waals surface area contributed by atoms with Gasteiger partial charge in [0.05, 0.1) is 17.1 Å². The molecule has 0 radical (unpaired) electrons. The number of aliphatic hydroxyl groups excluding tert-OH is 1. The molecule has 3 rings (SSSR count). The van der Waals surface area contributed by atoms with Crippen molar-refractivity contribution >= 4 is 41.0 Å². The highest BCUT2D eigenvalue weighted by molar-refractivity contribution is 14.0. The molecular formula is C16H24IN5O. The van der Waals surface area contributed by atoms with Gasteiger partial charge in [-0.05, 0) is 25.5 Å². The van der Waals surface area contributed by atoms with Crippen LogP contribution >= 0.6 is 24.0 Å². The molecular weight excluding hydrogens is 405 g/mol. The molecule has 0 bridgehead atoms. The Balaban J connectivity index is 0.00000192. The minimum atomic E-state index is -0.250. The fourth-order valence-corrected chi connectivity index (χ4v) is 2.84. The zero-order chi connectivity index (χ0) is 15.5. The molecule has 1 atom stereocenters. The highest BCUT2D eigenvalue weighted by Gasteiger charge is 2.22. The van der Waals surface area contributed by atoms with Crippen LogP contribution in [0.25, 0.3) is 11.0 Å². The molecule has 1 aliphatic heterocycles. The Kier molecular flexibility index (Phi) is 6.23. The molecule has 7 heteroatoms. The SMILES string of the molecule is CCNC(=NCc1nc2ccccc2n1C)N1CC[C@@H](O)C1.I. The number of likely N-dealkylation sites (tertiary alicyclic amines) is 1. The topological polar surface area (TPSA) is 65.7 Å². The van der Waals surface area contributed by atoms with Crippen molar-refractivity contribution in [1.29, 1.82) is 0 Å². The minimum absolute atomic E-state index is 0. The molecule has 0 spiro atoms. The van der Waals surface area contributed by atoms with Crippen LogP contribution < -0.4 is 5.32 Å². The van der Waals surface area contributed by atoms with Gasteiger partial charge in [0.15, 0.2) is 5.96 Å². The van der Waals surface area contributed by atoms with E-state index in [1.54, 1.807) is 0 Å². The lowest BCUT2D eigenvalue weighted by Crippen LogP contribution is -2.40. The number of guanidine groups is 1. The molecule has 2 aromatic rings. The fraction of sp³-hybridized carbons (Fsp3) is 0.500. The second-order valence-electron chi connectivity index (χ2n) is 5.63. The Bertz CT molecular complexity index is 684. The smallest absolute Gasteiger partial charge is 0.194 e. The van der Waals surface area contributed by atoms with E-state index in [9.17, 15) is 5.11 Å². The van der Waals surface area contributed by atoms with Crippen LogP contribution in [-0.2, 0) is 13.6 Å². The van der Waals surface area contributed by atoms with Gasteiger partial charge in [-0.2, -0.15) is 0 Å². The van der Waals surface area contributed by atoms with Gasteiger partial charge < -0.3 is 19.9 Å². The van der Waals surface area contributed by atoms with Crippen LogP contribution in [0, 0.1) is 0 Å². The van der Waals surface area contributed by atoms with Gasteiger partial charge in [-0.3, -0.25) is 0 Å². The van der Waals surface area contributed by atoms with E-state index in [0.29, 0.717) is 13.1 Å². The molecule has 0 saturated carbocycles. The normalized spacial score (nSPS) is 18.3. The third-order valence-corrected chi connectivity index (χ3v) is 4.05. The number of hydrogen-bond acceptors (Lipinski definition) is 3. The van der Waals surface area contributed by atoms with E-state index in [0.717, 1.165) is 42.3 Å². The number of nitrogens with one attached hydrogen (secondary N) is 1. The Morgan fingerprint density at radius 3 is 2.87 bits per heavy atom. The third-order valence-electron chi connectivity index (χ3n) is 4.05. The lowest BCUT2D eigenvalue weighted by Gasteiger charge is -2.20. The number of β-amino-alcohol motifs (C(OH)–C–C–N with tert-alkyl or cyclic N) is 1. The van der Waals surface area contributed by atoms with Crippen molar-refractivity contribution in [1.82, 2.24) is 19.8 Å². The summed E-state index contributed by atoms with van der Waals surface area (Å²) in [5.74, 6) is 1.79. The number of benzene rings is 1. The van der Waals surface area contributed by atoms with Gasteiger partial charge in [-0.25, -0.2) is 9.98 Å². The molecule has 1 aromatic heterocycles. The number of nitrogens with zero attached hydrogens (tertiary/aromatic N) is 4. The first-order valence-electron chi connectivity index (χ1n) is 7.80. The van der Waals surface area contributed by atoms with E-state index in [1.165, 1.54) is 0 Å². The monoisotopic (exact) mass is 429 g/mol. The summed E-state index contributed by atoms with van der Waals surface area (Å²) in [7, 11) is 2.02. The number of para-hydroxylation sites is 2. The van der Waals surface area contributed by atoms with Crippen LogP contribution in [0.5, 0.6) is 0 Å². The van der Waals surface area contributed by atoms with Crippen LogP contribution in [0.15, 0.2) is 29.3 Å². The third kappa shape index (κ3) is 3.95. The molecule has 2 N–H and O–H groups in total. The molecule has 2 heterocycles. The summed E-state index contributed by atoms with van der Waals surface area (Å²) in [6.45, 7) is 4.88. The van der Waals surface area contributed by atoms with E-state index < -0.39 is 0 Å². The lowest BCUT2D eigenvalue weighted by atomic mass is 10.3. The van der Waals surface area contributed by atoms with E-state index in [4.69, 9.17) is 4.99 Å². The number of aromatic nitrogens is 2. The average molecular weight is 429 g/mol. The molecule has 0 aliphatic carbocycles. The molecule has 23 heavy (non-hydrogen) atoms. The number of fused-ring (bicyclic) bond motifs is 1. The number of aliphatic imine (C=N–C) groups is 1. The summed E-state index contributed by atoms with van der Waals surface area (Å²) in [5, 5.41) is 13.0. The molecule has 1 aromatic carbocycles. The Labute approximate surface area is 153 Å². The van der Waals surface area contributed by atoms with Gasteiger partial charge in [0.1, 0.15) is 12.4 Å². The van der Waals surface area contributed by atoms with E-state index in [2.05, 4.69) is 32.8 Å². The van der Waals surface area contributed by atoms with Crippen molar-refractivity contribution in [2.45, 2.75) is 26.0 Å². The van der Waals surface area contributed by atoms with Gasteiger partial charge in [0.25, 0.3) is 0 Å². The van der Waals surface area contributed by atoms with Gasteiger partial charge in [0.2, 0.25) is 0 Å². The predicted octanol–water partition coefficient (Wildman–Crippen LogP) is 1.72. The highest BCUT2D eigenvalue weighted by Crippen LogP contribution is 2.15. The summed E-state index contributed by atoms with van der Waals surface area (Å²) < 4.78 is 2.08. The van der Waals surface area contributed by atoms with Gasteiger partial charge in [0, 0.05) is 26.7 Å². The number of rotatable bonds is 3. The largest absolute Gasteiger partial charge is 0.391 e. The maximum atomic E-state index is 9.70. The van der Waals surface area contributed by atoms with E-state index in [1.807, 2.05) is 25.2 Å². The number of halogens is 1. The molecule has 1 fully saturated rings. The second-order valence-corrected chi connectivity index (χ2v) is 5.63. The number of aliphatic hydroxyl groups is 1. The first-order valence-corrected chi connectivity index (χ1v) is 7.80. The predicted molar refractivity (Wildman–Crippen MR) is 103 cm³/mol. The number of hydrogen-bond donors (Lipinski definition) is 2. The zero-order valence-electron chi connectivity index (χ0n) is 13.6. The fourth-order valence-electron chi connectivity index (χ4n) is 2.84. The van der Waals surface area contributed by atoms with Gasteiger partial charge in [-0.1, -0.05) is 12.1 Å². The van der Waals surface area contributed by atoms with Crippen LogP contribution in [0.2, 0.25) is 0 Å². The van der Waals surface area contributed by atoms with E-state index in [-0.39, 0.29) is 30.1 Å². The number of imidazole rings is 1. The van der Waals surface area contributed by atoms with Crippen molar-refractivity contribution in [3.8, 4) is 0 Å². The van der Waals surface area contributed by atoms with E-state index >= 15 is 0 Å². The molecule has 0 amide bonds. The van der Waals surface area contributed by atoms with Crippen molar-refractivity contribution in [2.75, 3.05) is 19.6 Å². The zero-order valence-corrected chi connectivity index (χ0v) is 15.9. The van der Waals surface area contributed by atoms with Gasteiger partial charge >= 0.3 is 0 Å². The minimum Gasteiger partial charge on any atom is -0.391 e. The first kappa shape index (κ1) is 18.0. The van der Waals surface area contributed by atoms with Crippen molar-refractivity contribution in [2.24, 2.45) is 12.0 Å². The van der Waals surface area contributed by atoms with Crippen LogP contribution in [0.3, 0.4) is 0 Å². The first-order chi connectivity index (χ1) is 10.7. The standard InChI is InChI=1S/C16H23N5O.HI/c1-3-17-16(21-9-8-12(22)11-21)18-10-15-19-13-6-4-5-7-14(13)20(15)2;/h4-7,12,22H,3,8-11H2,1-2H3,(H,17,18);1H/t12-;/m1./s1. The second kappa shape index (κ2) is 7.96. The van der Waals surface area contributed by atoms with Crippen molar-refractivity contribution in [3.63, 3.8) is 0 Å². The molecule has 1 aliphatic rings. The Morgan fingerprint density at radius 1 is 1.43 bits per heavy atom. The summed E-state index contributed by atoms with van der Waals surface area (Å²) >= 11 is 0. The summed E-state index contributed by atoms with van der Waals surface area (Å²) in [5.41, 5.74) is 2.12. The lowest BCUT2D eigenvalue weighted by molar-refractivity contribution is 0.188. The number of aryl methyl sites for hydroxylation is 1. The average Bonchev–Trinajstić information content (AvgIpc) is 3.08. The summed E-state index contributed by atoms with van der Waals surface area (Å²) in [4.78, 5) is 11.4. The quantitative estimate of drug-likeness (QED) is 0.443. The Hall–Kier alpha value is -1.35. The molecule has 1 saturated heterocycles. The van der Waals surface area contributed by atoms with Gasteiger partial charge in [-0.15, -0.1) is 24.0 Å². The molecule has 0 unspecified atom stereocenters. The van der Waals surface area contributed by atoms with Crippen molar-refractivity contribution in [3.05, 3.63) is 30.1 Å². The molecule has 6 nitrogen and oxygen atoms in total. The molecule has 126 valence electrons. The summed E-state index contributed by atoms with van der Waals surface area (Å²) in [6, 6.07) is 8.10. The maximum absolute atomic E-state index is 9.70. The maximum Gasteiger partial charge on any atom is 0.194 e. The van der Waals surface area contributed by atoms with Crippen LogP contribution in [0.4, 0.5) is 0 Å². The van der Waals surface area contributed by atoms with Crippen LogP contribution in [-0.4, -0.2) is 51.3 Å². The van der Waals surface area contributed by atoms with Crippen molar-refractivity contribution < 1.29 is 5.11 Å².